The van der Waals surface area contributed by atoms with Gasteiger partial charge >= 0.3 is 12.0 Å². The van der Waals surface area contributed by atoms with Crippen LogP contribution in [0, 0.1) is 5.92 Å². The van der Waals surface area contributed by atoms with E-state index in [1.165, 1.54) is 32.1 Å². The molecule has 0 aliphatic carbocycles. The molecular formula is C39H59N3O4S. The van der Waals surface area contributed by atoms with Gasteiger partial charge in [-0.25, -0.2) is 0 Å². The molecule has 0 saturated heterocycles. The number of unbranched alkanes of at least 4 members (excludes halogenated alkanes) is 5. The minimum Gasteiger partial charge on any atom is -0.507 e. The molecule has 3 rings (SSSR count). The Kier molecular flexibility index (Phi) is 13.0. The smallest absolute Gasteiger partial charge is 0.329 e. The van der Waals surface area contributed by atoms with E-state index in [9.17, 15) is 10.2 Å². The summed E-state index contributed by atoms with van der Waals surface area (Å²) in [5.74, 6) is 2.93. The van der Waals surface area contributed by atoms with E-state index in [4.69, 9.17) is 9.47 Å². The zero-order chi connectivity index (χ0) is 35.2. The predicted octanol–water partition coefficient (Wildman–Crippen LogP) is 11.4. The van der Waals surface area contributed by atoms with Gasteiger partial charge in [-0.2, -0.15) is 9.97 Å². The number of nitrogens with zero attached hydrogens (tertiary/aromatic N) is 3. The fourth-order valence-corrected chi connectivity index (χ4v) is 6.25. The molecule has 8 heteroatoms. The monoisotopic (exact) mass is 665 g/mol. The quantitative estimate of drug-likeness (QED) is 0.130. The van der Waals surface area contributed by atoms with Gasteiger partial charge < -0.3 is 19.7 Å². The largest absolute Gasteiger partial charge is 0.507 e. The van der Waals surface area contributed by atoms with Gasteiger partial charge in [0.05, 0.1) is 0 Å². The van der Waals surface area contributed by atoms with Crippen molar-refractivity contribution in [1.82, 2.24) is 15.0 Å². The Morgan fingerprint density at radius 1 is 0.638 bits per heavy atom. The number of phenols is 2. The number of hydrogen-bond donors (Lipinski definition) is 2. The molecule has 260 valence electrons. The Hall–Kier alpha value is -3.00. The maximum Gasteiger partial charge on any atom is 0.329 e. The SMILES string of the molecule is CCCCCCCCSc1nc(Oc2cc(CC(C)C)c(O)c(C(C)(C)C)c2)nc(Oc2cc(C(C)(C)C)c(O)c(C(C)(C)C)c2)n1. The topological polar surface area (TPSA) is 97.6 Å². The molecule has 0 spiro atoms. The molecule has 1 aromatic heterocycles. The number of aromatic nitrogens is 3. The highest BCUT2D eigenvalue weighted by molar-refractivity contribution is 7.99. The highest BCUT2D eigenvalue weighted by atomic mass is 32.2. The van der Waals surface area contributed by atoms with E-state index >= 15 is 0 Å². The molecule has 3 aromatic rings. The van der Waals surface area contributed by atoms with Gasteiger partial charge in [-0.3, -0.25) is 0 Å². The second-order valence-electron chi connectivity index (χ2n) is 16.2. The molecule has 0 fully saturated rings. The van der Waals surface area contributed by atoms with E-state index in [1.807, 2.05) is 24.3 Å². The number of hydrogen-bond acceptors (Lipinski definition) is 8. The van der Waals surface area contributed by atoms with Crippen molar-refractivity contribution in [3.8, 4) is 35.0 Å². The van der Waals surface area contributed by atoms with E-state index in [-0.39, 0.29) is 34.0 Å². The lowest BCUT2D eigenvalue weighted by Crippen LogP contribution is -2.17. The Balaban J connectivity index is 2.04. The third kappa shape index (κ3) is 11.3. The second-order valence-corrected chi connectivity index (χ2v) is 17.3. The molecule has 0 unspecified atom stereocenters. The van der Waals surface area contributed by atoms with E-state index in [0.717, 1.165) is 34.4 Å². The molecule has 0 saturated carbocycles. The van der Waals surface area contributed by atoms with Crippen LogP contribution in [-0.2, 0) is 22.7 Å². The first-order valence-electron chi connectivity index (χ1n) is 17.3. The number of phenolic OH excluding ortho intramolecular Hbond substituents is 2. The molecule has 2 aromatic carbocycles. The highest BCUT2D eigenvalue weighted by Gasteiger charge is 2.28. The van der Waals surface area contributed by atoms with Crippen molar-refractivity contribution < 1.29 is 19.7 Å². The van der Waals surface area contributed by atoms with Gasteiger partial charge in [-0.1, -0.05) is 127 Å². The molecule has 1 heterocycles. The summed E-state index contributed by atoms with van der Waals surface area (Å²) in [6.45, 7) is 25.1. The van der Waals surface area contributed by atoms with Crippen LogP contribution in [0.5, 0.6) is 35.0 Å². The van der Waals surface area contributed by atoms with Crippen molar-refractivity contribution in [2.75, 3.05) is 5.75 Å². The minimum absolute atomic E-state index is 0.128. The third-order valence-electron chi connectivity index (χ3n) is 8.02. The number of ether oxygens (including phenoxy) is 2. The average Bonchev–Trinajstić information content (AvgIpc) is 2.93. The van der Waals surface area contributed by atoms with Crippen LogP contribution in [0.4, 0.5) is 0 Å². The number of thioether (sulfide) groups is 1. The Morgan fingerprint density at radius 3 is 1.55 bits per heavy atom. The van der Waals surface area contributed by atoms with E-state index in [2.05, 4.69) is 98.0 Å². The van der Waals surface area contributed by atoms with Crippen molar-refractivity contribution in [1.29, 1.82) is 0 Å². The molecule has 0 aliphatic rings. The van der Waals surface area contributed by atoms with E-state index in [1.54, 1.807) is 11.8 Å². The first-order chi connectivity index (χ1) is 21.8. The lowest BCUT2D eigenvalue weighted by Gasteiger charge is -2.27. The zero-order valence-electron chi connectivity index (χ0n) is 31.0. The minimum atomic E-state index is -0.313. The summed E-state index contributed by atoms with van der Waals surface area (Å²) in [7, 11) is 0. The molecule has 0 atom stereocenters. The summed E-state index contributed by atoms with van der Waals surface area (Å²) in [5.41, 5.74) is 2.30. The zero-order valence-corrected chi connectivity index (χ0v) is 31.8. The summed E-state index contributed by atoms with van der Waals surface area (Å²) in [4.78, 5) is 14.0. The molecule has 2 N–H and O–H groups in total. The van der Waals surface area contributed by atoms with Crippen molar-refractivity contribution in [2.24, 2.45) is 5.92 Å². The lowest BCUT2D eigenvalue weighted by atomic mass is 9.79. The molecule has 0 aliphatic heterocycles. The molecule has 7 nitrogen and oxygen atoms in total. The van der Waals surface area contributed by atoms with Crippen LogP contribution in [0.1, 0.15) is 144 Å². The van der Waals surface area contributed by atoms with Gasteiger partial charge in [0.2, 0.25) is 0 Å². The van der Waals surface area contributed by atoms with Crippen LogP contribution in [0.2, 0.25) is 0 Å². The highest BCUT2D eigenvalue weighted by Crippen LogP contribution is 2.43. The van der Waals surface area contributed by atoms with Gasteiger partial charge in [0.15, 0.2) is 5.16 Å². The van der Waals surface area contributed by atoms with Crippen molar-refractivity contribution >= 4 is 11.8 Å². The summed E-state index contributed by atoms with van der Waals surface area (Å²) < 4.78 is 12.7. The van der Waals surface area contributed by atoms with Gasteiger partial charge in [0.1, 0.15) is 23.0 Å². The number of aromatic hydroxyl groups is 2. The summed E-state index contributed by atoms with van der Waals surface area (Å²) >= 11 is 1.57. The third-order valence-corrected chi connectivity index (χ3v) is 8.95. The summed E-state index contributed by atoms with van der Waals surface area (Å²) in [6.07, 6.45) is 7.97. The first-order valence-corrected chi connectivity index (χ1v) is 18.3. The normalized spacial score (nSPS) is 12.5. The van der Waals surface area contributed by atoms with Crippen LogP contribution in [0.15, 0.2) is 29.4 Å². The number of benzene rings is 2. The van der Waals surface area contributed by atoms with E-state index < -0.39 is 0 Å². The van der Waals surface area contributed by atoms with Gasteiger partial charge in [0.25, 0.3) is 0 Å². The van der Waals surface area contributed by atoms with Gasteiger partial charge in [0, 0.05) is 22.4 Å². The Morgan fingerprint density at radius 2 is 1.09 bits per heavy atom. The maximum absolute atomic E-state index is 11.2. The average molecular weight is 666 g/mol. The van der Waals surface area contributed by atoms with Gasteiger partial charge in [-0.05, 0) is 64.8 Å². The molecule has 0 bridgehead atoms. The summed E-state index contributed by atoms with van der Waals surface area (Å²) in [5, 5.41) is 22.9. The van der Waals surface area contributed by atoms with Crippen LogP contribution in [0.25, 0.3) is 0 Å². The second kappa shape index (κ2) is 15.9. The lowest BCUT2D eigenvalue weighted by molar-refractivity contribution is 0.378. The maximum atomic E-state index is 11.2. The first kappa shape index (κ1) is 38.4. The van der Waals surface area contributed by atoms with Crippen LogP contribution < -0.4 is 9.47 Å². The Labute approximate surface area is 288 Å². The van der Waals surface area contributed by atoms with Gasteiger partial charge in [-0.15, -0.1) is 4.98 Å². The Bertz CT molecular complexity index is 1450. The molecule has 47 heavy (non-hydrogen) atoms. The fraction of sp³-hybridized carbons (Fsp3) is 0.615. The van der Waals surface area contributed by atoms with Crippen LogP contribution >= 0.6 is 11.8 Å². The predicted molar refractivity (Wildman–Crippen MR) is 195 cm³/mol. The van der Waals surface area contributed by atoms with Crippen molar-refractivity contribution in [3.63, 3.8) is 0 Å². The van der Waals surface area contributed by atoms with Crippen LogP contribution in [-0.4, -0.2) is 30.9 Å². The fourth-order valence-electron chi connectivity index (χ4n) is 5.43. The molecule has 0 radical (unpaired) electrons. The van der Waals surface area contributed by atoms with Crippen molar-refractivity contribution in [3.05, 3.63) is 46.5 Å². The summed E-state index contributed by atoms with van der Waals surface area (Å²) in [6, 6.07) is 7.74. The van der Waals surface area contributed by atoms with Crippen molar-refractivity contribution in [2.45, 2.75) is 149 Å². The molecular weight excluding hydrogens is 607 g/mol. The van der Waals surface area contributed by atoms with E-state index in [0.29, 0.717) is 34.7 Å². The van der Waals surface area contributed by atoms with Crippen LogP contribution in [0.3, 0.4) is 0 Å². The standard InChI is InChI=1S/C39H59N3O4S/c1-13-14-15-16-17-18-19-47-36-41-34(45-27-21-26(20-25(2)3)32(43)29(22-27)37(4,5)6)40-35(42-36)46-28-23-30(38(7,8)9)33(44)31(24-28)39(10,11)12/h21-25,43-44H,13-20H2,1-12H3. The molecule has 0 amide bonds. The number of rotatable bonds is 14.